The van der Waals surface area contributed by atoms with Gasteiger partial charge >= 0.3 is 0 Å². The molecule has 1 saturated carbocycles. The zero-order valence-electron chi connectivity index (χ0n) is 15.9. The highest BCUT2D eigenvalue weighted by molar-refractivity contribution is 9.10. The Morgan fingerprint density at radius 3 is 2.89 bits per heavy atom. The first-order chi connectivity index (χ1) is 13.8. The lowest BCUT2D eigenvalue weighted by Gasteiger charge is -2.41. The van der Waals surface area contributed by atoms with Gasteiger partial charge in [0, 0.05) is 38.1 Å². The Morgan fingerprint density at radius 1 is 1.14 bits per heavy atom. The second-order valence-electron chi connectivity index (χ2n) is 7.98. The van der Waals surface area contributed by atoms with Crippen LogP contribution in [0, 0.1) is 11.8 Å². The molecule has 1 aliphatic carbocycles. The standard InChI is InChI=1S/C21H25BrN6/c22-18-13-25-28-19(24-12-15-4-3-8-23-11-15)10-20(26-21(18)28)27-9-7-16-5-1-2-6-17(16)14-27/h3-4,8,10-11,13,16-17,24H,1-2,5-7,9,12,14H2. The average molecular weight is 441 g/mol. The van der Waals surface area contributed by atoms with Gasteiger partial charge in [0.1, 0.15) is 11.6 Å². The van der Waals surface area contributed by atoms with Crippen LogP contribution in [0.2, 0.25) is 0 Å². The number of halogens is 1. The molecule has 0 spiro atoms. The lowest BCUT2D eigenvalue weighted by molar-refractivity contribution is 0.202. The highest BCUT2D eigenvalue weighted by Gasteiger charge is 2.32. The largest absolute Gasteiger partial charge is 0.366 e. The molecule has 146 valence electrons. The number of fused-ring (bicyclic) bond motifs is 2. The summed E-state index contributed by atoms with van der Waals surface area (Å²) in [6.07, 6.45) is 12.4. The summed E-state index contributed by atoms with van der Waals surface area (Å²) in [7, 11) is 0. The fraction of sp³-hybridized carbons (Fsp3) is 0.476. The average Bonchev–Trinajstić information content (AvgIpc) is 3.13. The van der Waals surface area contributed by atoms with Crippen LogP contribution >= 0.6 is 15.9 Å². The van der Waals surface area contributed by atoms with Crippen LogP contribution in [0.4, 0.5) is 11.6 Å². The molecule has 0 bridgehead atoms. The van der Waals surface area contributed by atoms with E-state index in [0.29, 0.717) is 6.54 Å². The van der Waals surface area contributed by atoms with Gasteiger partial charge in [0.05, 0.1) is 10.7 Å². The van der Waals surface area contributed by atoms with E-state index in [9.17, 15) is 0 Å². The van der Waals surface area contributed by atoms with Crippen molar-refractivity contribution in [2.24, 2.45) is 11.8 Å². The van der Waals surface area contributed by atoms with Crippen molar-refractivity contribution in [3.05, 3.63) is 46.8 Å². The minimum Gasteiger partial charge on any atom is -0.366 e. The van der Waals surface area contributed by atoms with E-state index in [4.69, 9.17) is 4.98 Å². The fourth-order valence-electron chi connectivity index (χ4n) is 4.72. The zero-order valence-corrected chi connectivity index (χ0v) is 17.5. The Labute approximate surface area is 173 Å². The number of nitrogens with zero attached hydrogens (tertiary/aromatic N) is 5. The van der Waals surface area contributed by atoms with Gasteiger partial charge in [-0.3, -0.25) is 4.98 Å². The SMILES string of the molecule is Brc1cnn2c(NCc3cccnc3)cc(N3CCC4CCCCC4C3)nc12. The maximum atomic E-state index is 4.94. The first kappa shape index (κ1) is 17.9. The van der Waals surface area contributed by atoms with Crippen molar-refractivity contribution >= 4 is 33.2 Å². The van der Waals surface area contributed by atoms with Crippen molar-refractivity contribution in [3.63, 3.8) is 0 Å². The molecule has 3 aromatic rings. The predicted molar refractivity (Wildman–Crippen MR) is 115 cm³/mol. The van der Waals surface area contributed by atoms with Crippen LogP contribution in [0.3, 0.4) is 0 Å². The summed E-state index contributed by atoms with van der Waals surface area (Å²) >= 11 is 3.61. The van der Waals surface area contributed by atoms with Gasteiger partial charge in [-0.2, -0.15) is 9.61 Å². The molecule has 2 unspecified atom stereocenters. The van der Waals surface area contributed by atoms with Crippen molar-refractivity contribution in [1.82, 2.24) is 19.6 Å². The summed E-state index contributed by atoms with van der Waals surface area (Å²) in [6.45, 7) is 2.92. The number of piperidine rings is 1. The summed E-state index contributed by atoms with van der Waals surface area (Å²) in [4.78, 5) is 11.6. The van der Waals surface area contributed by atoms with Crippen molar-refractivity contribution in [2.45, 2.75) is 38.6 Å². The van der Waals surface area contributed by atoms with E-state index in [1.807, 2.05) is 23.0 Å². The summed E-state index contributed by atoms with van der Waals surface area (Å²) in [5, 5.41) is 8.02. The van der Waals surface area contributed by atoms with E-state index < -0.39 is 0 Å². The number of anilines is 2. The first-order valence-electron chi connectivity index (χ1n) is 10.2. The molecule has 1 N–H and O–H groups in total. The Hall–Kier alpha value is -2.15. The van der Waals surface area contributed by atoms with Crippen LogP contribution < -0.4 is 10.2 Å². The van der Waals surface area contributed by atoms with Crippen molar-refractivity contribution in [2.75, 3.05) is 23.3 Å². The third kappa shape index (κ3) is 3.48. The Kier molecular flexibility index (Phi) is 4.93. The smallest absolute Gasteiger partial charge is 0.173 e. The molecule has 2 aliphatic rings. The normalized spacial score (nSPS) is 22.2. The molecule has 1 saturated heterocycles. The van der Waals surface area contributed by atoms with E-state index in [-0.39, 0.29) is 0 Å². The van der Waals surface area contributed by atoms with E-state index in [1.165, 1.54) is 32.1 Å². The molecule has 28 heavy (non-hydrogen) atoms. The van der Waals surface area contributed by atoms with Crippen molar-refractivity contribution < 1.29 is 0 Å². The molecule has 1 aliphatic heterocycles. The first-order valence-corrected chi connectivity index (χ1v) is 11.0. The maximum absolute atomic E-state index is 4.94. The summed E-state index contributed by atoms with van der Waals surface area (Å²) in [5.74, 6) is 3.74. The molecule has 5 rings (SSSR count). The summed E-state index contributed by atoms with van der Waals surface area (Å²) in [5.41, 5.74) is 2.00. The van der Waals surface area contributed by atoms with Crippen LogP contribution in [0.25, 0.3) is 5.65 Å². The van der Waals surface area contributed by atoms with Crippen LogP contribution in [-0.2, 0) is 6.54 Å². The molecular formula is C21H25BrN6. The Balaban J connectivity index is 1.43. The fourth-order valence-corrected chi connectivity index (χ4v) is 5.06. The second kappa shape index (κ2) is 7.70. The van der Waals surface area contributed by atoms with Gasteiger partial charge in [-0.05, 0) is 52.2 Å². The molecular weight excluding hydrogens is 416 g/mol. The number of hydrogen-bond donors (Lipinski definition) is 1. The lowest BCUT2D eigenvalue weighted by Crippen LogP contribution is -2.42. The molecule has 2 fully saturated rings. The number of rotatable bonds is 4. The third-order valence-electron chi connectivity index (χ3n) is 6.23. The lowest BCUT2D eigenvalue weighted by atomic mass is 9.75. The van der Waals surface area contributed by atoms with E-state index >= 15 is 0 Å². The molecule has 3 aromatic heterocycles. The van der Waals surface area contributed by atoms with Crippen molar-refractivity contribution in [3.8, 4) is 0 Å². The van der Waals surface area contributed by atoms with Gasteiger partial charge < -0.3 is 10.2 Å². The molecule has 2 atom stereocenters. The number of aromatic nitrogens is 4. The predicted octanol–water partition coefficient (Wildman–Crippen LogP) is 4.52. The van der Waals surface area contributed by atoms with Crippen LogP contribution in [0.5, 0.6) is 0 Å². The summed E-state index contributed by atoms with van der Waals surface area (Å²) < 4.78 is 2.79. The monoisotopic (exact) mass is 440 g/mol. The van der Waals surface area contributed by atoms with Gasteiger partial charge in [-0.15, -0.1) is 0 Å². The molecule has 0 aromatic carbocycles. The van der Waals surface area contributed by atoms with E-state index in [2.05, 4.69) is 48.4 Å². The van der Waals surface area contributed by atoms with Crippen LogP contribution in [0.15, 0.2) is 41.3 Å². The molecule has 0 radical (unpaired) electrons. The Morgan fingerprint density at radius 2 is 2.04 bits per heavy atom. The van der Waals surface area contributed by atoms with Gasteiger partial charge in [-0.1, -0.05) is 25.3 Å². The number of nitrogens with one attached hydrogen (secondary N) is 1. The van der Waals surface area contributed by atoms with Gasteiger partial charge in [-0.25, -0.2) is 4.98 Å². The highest BCUT2D eigenvalue weighted by atomic mass is 79.9. The molecule has 6 nitrogen and oxygen atoms in total. The molecule has 7 heteroatoms. The van der Waals surface area contributed by atoms with Crippen molar-refractivity contribution in [1.29, 1.82) is 0 Å². The topological polar surface area (TPSA) is 58.4 Å². The summed E-state index contributed by atoms with van der Waals surface area (Å²) in [6, 6.07) is 6.18. The van der Waals surface area contributed by atoms with Crippen LogP contribution in [-0.4, -0.2) is 32.7 Å². The number of hydrogen-bond acceptors (Lipinski definition) is 5. The minimum absolute atomic E-state index is 0.703. The van der Waals surface area contributed by atoms with Gasteiger partial charge in [0.25, 0.3) is 0 Å². The van der Waals surface area contributed by atoms with Gasteiger partial charge in [0.2, 0.25) is 0 Å². The third-order valence-corrected chi connectivity index (χ3v) is 6.79. The van der Waals surface area contributed by atoms with Crippen LogP contribution in [0.1, 0.15) is 37.7 Å². The second-order valence-corrected chi connectivity index (χ2v) is 8.84. The molecule has 4 heterocycles. The highest BCUT2D eigenvalue weighted by Crippen LogP contribution is 2.37. The maximum Gasteiger partial charge on any atom is 0.173 e. The molecule has 0 amide bonds. The quantitative estimate of drug-likeness (QED) is 0.646. The van der Waals surface area contributed by atoms with E-state index in [1.54, 1.807) is 6.20 Å². The zero-order chi connectivity index (χ0) is 18.9. The van der Waals surface area contributed by atoms with Gasteiger partial charge in [0.15, 0.2) is 5.65 Å². The number of pyridine rings is 1. The van der Waals surface area contributed by atoms with E-state index in [0.717, 1.165) is 52.2 Å². The Bertz CT molecular complexity index is 956. The minimum atomic E-state index is 0.703.